The van der Waals surface area contributed by atoms with Gasteiger partial charge < -0.3 is 16.4 Å². The van der Waals surface area contributed by atoms with Crippen LogP contribution in [0.2, 0.25) is 0 Å². The van der Waals surface area contributed by atoms with E-state index in [2.05, 4.69) is 10.6 Å². The number of nitrogens with two attached hydrogens (primary N) is 1. The molecule has 1 amide bonds. The SMILES string of the molecule is CCS(=O)(=O)c1c(NC2CC2)sc(C(=O)NC2CC2)c1N. The van der Waals surface area contributed by atoms with Crippen LogP contribution in [-0.4, -0.2) is 32.2 Å². The molecular weight excluding hydrogens is 310 g/mol. The van der Waals surface area contributed by atoms with E-state index in [0.29, 0.717) is 15.9 Å². The molecular formula is C13H19N3O3S2. The maximum absolute atomic E-state index is 12.3. The van der Waals surface area contributed by atoms with Crippen molar-refractivity contribution in [1.82, 2.24) is 5.32 Å². The second kappa shape index (κ2) is 5.17. The van der Waals surface area contributed by atoms with Crippen molar-refractivity contribution in [3.63, 3.8) is 0 Å². The van der Waals surface area contributed by atoms with Crippen molar-refractivity contribution in [2.45, 2.75) is 49.6 Å². The summed E-state index contributed by atoms with van der Waals surface area (Å²) >= 11 is 1.15. The van der Waals surface area contributed by atoms with Crippen molar-refractivity contribution in [3.05, 3.63) is 4.88 Å². The highest BCUT2D eigenvalue weighted by molar-refractivity contribution is 7.92. The number of sulfone groups is 1. The number of rotatable bonds is 6. The number of anilines is 2. The number of nitrogen functional groups attached to an aromatic ring is 1. The first-order valence-corrected chi connectivity index (χ1v) is 9.61. The number of thiophene rings is 1. The summed E-state index contributed by atoms with van der Waals surface area (Å²) in [5, 5.41) is 6.56. The van der Waals surface area contributed by atoms with Gasteiger partial charge in [0.05, 0.1) is 11.4 Å². The van der Waals surface area contributed by atoms with Crippen molar-refractivity contribution >= 4 is 37.8 Å². The Bertz CT molecular complexity index is 673. The number of carbonyl (C=O) groups is 1. The Morgan fingerprint density at radius 1 is 1.29 bits per heavy atom. The summed E-state index contributed by atoms with van der Waals surface area (Å²) in [6.45, 7) is 1.58. The fourth-order valence-electron chi connectivity index (χ4n) is 2.04. The Morgan fingerprint density at radius 2 is 1.90 bits per heavy atom. The summed E-state index contributed by atoms with van der Waals surface area (Å²) in [5.74, 6) is -0.298. The fourth-order valence-corrected chi connectivity index (χ4v) is 4.67. The summed E-state index contributed by atoms with van der Waals surface area (Å²) in [6, 6.07) is 0.512. The first-order valence-electron chi connectivity index (χ1n) is 7.14. The molecule has 6 nitrogen and oxygen atoms in total. The Balaban J connectivity index is 1.98. The molecule has 0 aliphatic heterocycles. The smallest absolute Gasteiger partial charge is 0.263 e. The molecule has 0 atom stereocenters. The molecule has 0 aromatic carbocycles. The van der Waals surface area contributed by atoms with Crippen LogP contribution in [0.15, 0.2) is 4.90 Å². The minimum Gasteiger partial charge on any atom is -0.396 e. The number of carbonyl (C=O) groups excluding carboxylic acids is 1. The monoisotopic (exact) mass is 329 g/mol. The lowest BCUT2D eigenvalue weighted by molar-refractivity contribution is 0.0956. The first-order chi connectivity index (χ1) is 9.92. The van der Waals surface area contributed by atoms with Crippen LogP contribution in [0.25, 0.3) is 0 Å². The maximum atomic E-state index is 12.3. The van der Waals surface area contributed by atoms with Crippen LogP contribution in [-0.2, 0) is 9.84 Å². The normalized spacial score (nSPS) is 18.5. The maximum Gasteiger partial charge on any atom is 0.263 e. The minimum atomic E-state index is -3.46. The van der Waals surface area contributed by atoms with Crippen molar-refractivity contribution in [2.75, 3.05) is 16.8 Å². The Kier molecular flexibility index (Phi) is 3.61. The summed E-state index contributed by atoms with van der Waals surface area (Å²) in [4.78, 5) is 12.6. The topological polar surface area (TPSA) is 101 Å². The van der Waals surface area contributed by atoms with E-state index < -0.39 is 9.84 Å². The number of amides is 1. The quantitative estimate of drug-likeness (QED) is 0.736. The molecule has 0 bridgehead atoms. The van der Waals surface area contributed by atoms with E-state index in [1.54, 1.807) is 6.92 Å². The van der Waals surface area contributed by atoms with E-state index in [9.17, 15) is 13.2 Å². The van der Waals surface area contributed by atoms with Gasteiger partial charge >= 0.3 is 0 Å². The van der Waals surface area contributed by atoms with Gasteiger partial charge in [-0.15, -0.1) is 11.3 Å². The van der Waals surface area contributed by atoms with Crippen LogP contribution in [0.3, 0.4) is 0 Å². The number of nitrogens with one attached hydrogen (secondary N) is 2. The molecule has 4 N–H and O–H groups in total. The molecule has 1 heterocycles. The van der Waals surface area contributed by atoms with Crippen LogP contribution < -0.4 is 16.4 Å². The third kappa shape index (κ3) is 3.01. The third-order valence-corrected chi connectivity index (χ3v) is 6.69. The summed E-state index contributed by atoms with van der Waals surface area (Å²) in [6.07, 6.45) is 3.99. The molecule has 0 spiro atoms. The average molecular weight is 329 g/mol. The van der Waals surface area contributed by atoms with Gasteiger partial charge in [0.25, 0.3) is 5.91 Å². The van der Waals surface area contributed by atoms with Crippen LogP contribution >= 0.6 is 11.3 Å². The molecule has 2 aliphatic rings. The predicted octanol–water partition coefficient (Wildman–Crippen LogP) is 1.59. The zero-order valence-corrected chi connectivity index (χ0v) is 13.4. The predicted molar refractivity (Wildman–Crippen MR) is 83.6 cm³/mol. The Labute approximate surface area is 128 Å². The minimum absolute atomic E-state index is 0.0308. The largest absolute Gasteiger partial charge is 0.396 e. The molecule has 8 heteroatoms. The van der Waals surface area contributed by atoms with E-state index in [-0.39, 0.29) is 28.3 Å². The highest BCUT2D eigenvalue weighted by Crippen LogP contribution is 2.42. The van der Waals surface area contributed by atoms with Gasteiger partial charge in [-0.2, -0.15) is 0 Å². The zero-order chi connectivity index (χ0) is 15.2. The Hall–Kier alpha value is -1.28. The lowest BCUT2D eigenvalue weighted by atomic mass is 10.3. The molecule has 116 valence electrons. The molecule has 21 heavy (non-hydrogen) atoms. The molecule has 3 rings (SSSR count). The van der Waals surface area contributed by atoms with Gasteiger partial charge in [-0.3, -0.25) is 4.79 Å². The first kappa shape index (κ1) is 14.6. The second-order valence-electron chi connectivity index (χ2n) is 5.57. The molecule has 0 unspecified atom stereocenters. The van der Waals surface area contributed by atoms with Crippen molar-refractivity contribution in [1.29, 1.82) is 0 Å². The van der Waals surface area contributed by atoms with Gasteiger partial charge in [-0.25, -0.2) is 8.42 Å². The van der Waals surface area contributed by atoms with Crippen LogP contribution in [0.1, 0.15) is 42.3 Å². The van der Waals surface area contributed by atoms with E-state index in [0.717, 1.165) is 37.0 Å². The molecule has 1 aromatic rings. The van der Waals surface area contributed by atoms with E-state index in [1.807, 2.05) is 0 Å². The average Bonchev–Trinajstić information content (AvgIpc) is 3.32. The summed E-state index contributed by atoms with van der Waals surface area (Å²) in [7, 11) is -3.46. The van der Waals surface area contributed by atoms with Gasteiger partial charge in [-0.05, 0) is 25.7 Å². The molecule has 2 fully saturated rings. The summed E-state index contributed by atoms with van der Waals surface area (Å²) in [5.41, 5.74) is 6.08. The highest BCUT2D eigenvalue weighted by Gasteiger charge is 2.33. The van der Waals surface area contributed by atoms with Gasteiger partial charge in [0.15, 0.2) is 9.84 Å². The zero-order valence-electron chi connectivity index (χ0n) is 11.8. The molecule has 2 aliphatic carbocycles. The molecule has 0 saturated heterocycles. The van der Waals surface area contributed by atoms with Gasteiger partial charge in [0.1, 0.15) is 14.8 Å². The third-order valence-electron chi connectivity index (χ3n) is 3.62. The van der Waals surface area contributed by atoms with Crippen LogP contribution in [0.5, 0.6) is 0 Å². The molecule has 2 saturated carbocycles. The second-order valence-corrected chi connectivity index (χ2v) is 8.81. The lowest BCUT2D eigenvalue weighted by Gasteiger charge is -2.06. The molecule has 0 radical (unpaired) electrons. The van der Waals surface area contributed by atoms with Crippen molar-refractivity contribution in [3.8, 4) is 0 Å². The van der Waals surface area contributed by atoms with Crippen molar-refractivity contribution < 1.29 is 13.2 Å². The van der Waals surface area contributed by atoms with E-state index in [4.69, 9.17) is 5.73 Å². The fraction of sp³-hybridized carbons (Fsp3) is 0.615. The van der Waals surface area contributed by atoms with Gasteiger partial charge in [-0.1, -0.05) is 6.92 Å². The van der Waals surface area contributed by atoms with Gasteiger partial charge in [0.2, 0.25) is 0 Å². The standard InChI is InChI=1S/C13H19N3O3S2/c1-2-21(18,19)11-9(14)10(12(17)15-7-3-4-7)20-13(11)16-8-5-6-8/h7-8,16H,2-6,14H2,1H3,(H,15,17). The number of hydrogen-bond donors (Lipinski definition) is 3. The molecule has 1 aromatic heterocycles. The van der Waals surface area contributed by atoms with Crippen molar-refractivity contribution in [2.24, 2.45) is 0 Å². The van der Waals surface area contributed by atoms with E-state index in [1.165, 1.54) is 0 Å². The van der Waals surface area contributed by atoms with E-state index >= 15 is 0 Å². The summed E-state index contributed by atoms with van der Waals surface area (Å²) < 4.78 is 24.5. The van der Waals surface area contributed by atoms with Gasteiger partial charge in [0, 0.05) is 12.1 Å². The Morgan fingerprint density at radius 3 is 2.43 bits per heavy atom. The van der Waals surface area contributed by atoms with Crippen LogP contribution in [0, 0.1) is 0 Å². The van der Waals surface area contributed by atoms with Crippen LogP contribution in [0.4, 0.5) is 10.7 Å². The lowest BCUT2D eigenvalue weighted by Crippen LogP contribution is -2.25. The number of hydrogen-bond acceptors (Lipinski definition) is 6. The highest BCUT2D eigenvalue weighted by atomic mass is 32.2.